The van der Waals surface area contributed by atoms with Crippen LogP contribution in [0.1, 0.15) is 31.7 Å². The van der Waals surface area contributed by atoms with E-state index in [1.807, 2.05) is 38.1 Å². The first kappa shape index (κ1) is 18.8. The molecule has 1 N–H and O–H groups in total. The third-order valence-electron chi connectivity index (χ3n) is 4.22. The summed E-state index contributed by atoms with van der Waals surface area (Å²) < 4.78 is 11.3. The SMILES string of the molecule is CC[C@H](C)Oc1c(Cl)cc(/C=C(/C#N)c2nc3ccccc3[nH]2)cc1OC. The van der Waals surface area contributed by atoms with E-state index in [-0.39, 0.29) is 6.10 Å². The second-order valence-electron chi connectivity index (χ2n) is 6.14. The van der Waals surface area contributed by atoms with Gasteiger partial charge in [-0.2, -0.15) is 5.26 Å². The van der Waals surface area contributed by atoms with Crippen molar-refractivity contribution in [2.75, 3.05) is 7.11 Å². The smallest absolute Gasteiger partial charge is 0.180 e. The molecule has 6 heteroatoms. The molecule has 1 atom stereocenters. The monoisotopic (exact) mass is 381 g/mol. The number of benzene rings is 2. The molecule has 27 heavy (non-hydrogen) atoms. The normalized spacial score (nSPS) is 12.6. The number of imidazole rings is 1. The fraction of sp³-hybridized carbons (Fsp3) is 0.238. The number of H-pyrrole nitrogens is 1. The number of nitrogens with one attached hydrogen (secondary N) is 1. The molecule has 0 radical (unpaired) electrons. The highest BCUT2D eigenvalue weighted by molar-refractivity contribution is 6.32. The van der Waals surface area contributed by atoms with E-state index < -0.39 is 0 Å². The number of rotatable bonds is 6. The van der Waals surface area contributed by atoms with Gasteiger partial charge in [0.15, 0.2) is 11.5 Å². The molecule has 1 heterocycles. The molecule has 0 saturated heterocycles. The quantitative estimate of drug-likeness (QED) is 0.575. The van der Waals surface area contributed by atoms with Crippen LogP contribution in [-0.4, -0.2) is 23.2 Å². The average Bonchev–Trinajstić information content (AvgIpc) is 3.11. The lowest BCUT2D eigenvalue weighted by Crippen LogP contribution is -2.11. The van der Waals surface area contributed by atoms with E-state index >= 15 is 0 Å². The summed E-state index contributed by atoms with van der Waals surface area (Å²) in [4.78, 5) is 7.64. The molecule has 5 nitrogen and oxygen atoms in total. The maximum absolute atomic E-state index is 9.60. The van der Waals surface area contributed by atoms with Gasteiger partial charge in [0.1, 0.15) is 11.9 Å². The summed E-state index contributed by atoms with van der Waals surface area (Å²) in [5.41, 5.74) is 2.81. The zero-order valence-electron chi connectivity index (χ0n) is 15.4. The van der Waals surface area contributed by atoms with Gasteiger partial charge in [-0.3, -0.25) is 0 Å². The van der Waals surface area contributed by atoms with Crippen LogP contribution in [0.25, 0.3) is 22.7 Å². The van der Waals surface area contributed by atoms with Gasteiger partial charge in [0.2, 0.25) is 0 Å². The van der Waals surface area contributed by atoms with Crippen molar-refractivity contribution in [3.05, 3.63) is 52.8 Å². The fourth-order valence-corrected chi connectivity index (χ4v) is 2.89. The van der Waals surface area contributed by atoms with Gasteiger partial charge in [-0.05, 0) is 49.2 Å². The molecule has 0 aliphatic heterocycles. The zero-order valence-corrected chi connectivity index (χ0v) is 16.2. The molecule has 0 spiro atoms. The highest BCUT2D eigenvalue weighted by Crippen LogP contribution is 2.38. The Morgan fingerprint density at radius 2 is 2.15 bits per heavy atom. The van der Waals surface area contributed by atoms with E-state index in [1.165, 1.54) is 0 Å². The third kappa shape index (κ3) is 4.07. The number of nitriles is 1. The Kier molecular flexibility index (Phi) is 5.68. The van der Waals surface area contributed by atoms with Crippen LogP contribution in [0.3, 0.4) is 0 Å². The number of fused-ring (bicyclic) bond motifs is 1. The Morgan fingerprint density at radius 1 is 1.37 bits per heavy atom. The summed E-state index contributed by atoms with van der Waals surface area (Å²) in [6, 6.07) is 13.4. The van der Waals surface area contributed by atoms with E-state index in [0.717, 1.165) is 23.0 Å². The van der Waals surface area contributed by atoms with Gasteiger partial charge in [-0.1, -0.05) is 30.7 Å². The molecule has 1 aromatic heterocycles. The number of aromatic amines is 1. The Balaban J connectivity index is 2.01. The second-order valence-corrected chi connectivity index (χ2v) is 6.55. The summed E-state index contributed by atoms with van der Waals surface area (Å²) in [7, 11) is 1.56. The summed E-state index contributed by atoms with van der Waals surface area (Å²) in [6.45, 7) is 4.01. The molecule has 3 rings (SSSR count). The van der Waals surface area contributed by atoms with Crippen molar-refractivity contribution in [3.8, 4) is 17.6 Å². The van der Waals surface area contributed by atoms with Crippen LogP contribution in [-0.2, 0) is 0 Å². The number of allylic oxidation sites excluding steroid dienone is 1. The first-order valence-electron chi connectivity index (χ1n) is 8.66. The molecule has 0 aliphatic carbocycles. The van der Waals surface area contributed by atoms with E-state index in [9.17, 15) is 5.26 Å². The maximum atomic E-state index is 9.60. The molecule has 0 aliphatic rings. The van der Waals surface area contributed by atoms with Crippen LogP contribution in [0.2, 0.25) is 5.02 Å². The summed E-state index contributed by atoms with van der Waals surface area (Å²) >= 11 is 6.41. The number of methoxy groups -OCH3 is 1. The molecular formula is C21H20ClN3O2. The van der Waals surface area contributed by atoms with Crippen LogP contribution in [0, 0.1) is 11.3 Å². The van der Waals surface area contributed by atoms with Crippen LogP contribution in [0.15, 0.2) is 36.4 Å². The number of aromatic nitrogens is 2. The Bertz CT molecular complexity index is 1000. The van der Waals surface area contributed by atoms with Crippen molar-refractivity contribution in [3.63, 3.8) is 0 Å². The number of hydrogen-bond acceptors (Lipinski definition) is 4. The number of halogens is 1. The number of ether oxygens (including phenoxy) is 2. The van der Waals surface area contributed by atoms with Crippen molar-refractivity contribution in [1.82, 2.24) is 9.97 Å². The molecule has 0 bridgehead atoms. The first-order chi connectivity index (χ1) is 13.0. The predicted molar refractivity (Wildman–Crippen MR) is 108 cm³/mol. The zero-order chi connectivity index (χ0) is 19.4. The van der Waals surface area contributed by atoms with Crippen LogP contribution < -0.4 is 9.47 Å². The molecule has 2 aromatic carbocycles. The summed E-state index contributed by atoms with van der Waals surface area (Å²) in [6.07, 6.45) is 2.59. The molecule has 138 valence electrons. The van der Waals surface area contributed by atoms with E-state index in [2.05, 4.69) is 16.0 Å². The second kappa shape index (κ2) is 8.15. The highest BCUT2D eigenvalue weighted by Gasteiger charge is 2.15. The van der Waals surface area contributed by atoms with Gasteiger partial charge in [0.25, 0.3) is 0 Å². The minimum absolute atomic E-state index is 0.0167. The molecule has 0 fully saturated rings. The van der Waals surface area contributed by atoms with Gasteiger partial charge in [0, 0.05) is 0 Å². The van der Waals surface area contributed by atoms with Crippen LogP contribution in [0.5, 0.6) is 11.5 Å². The minimum atomic E-state index is 0.0167. The molecule has 3 aromatic rings. The molecule has 0 saturated carbocycles. The number of para-hydroxylation sites is 2. The van der Waals surface area contributed by atoms with Gasteiger partial charge < -0.3 is 14.5 Å². The van der Waals surface area contributed by atoms with Crippen LogP contribution in [0.4, 0.5) is 0 Å². The van der Waals surface area contributed by atoms with Gasteiger partial charge >= 0.3 is 0 Å². The number of nitrogens with zero attached hydrogens (tertiary/aromatic N) is 2. The minimum Gasteiger partial charge on any atom is -0.493 e. The topological polar surface area (TPSA) is 70.9 Å². The Hall–Kier alpha value is -2.97. The van der Waals surface area contributed by atoms with Crippen molar-refractivity contribution in [1.29, 1.82) is 5.26 Å². The van der Waals surface area contributed by atoms with E-state index in [4.69, 9.17) is 21.1 Å². The summed E-state index contributed by atoms with van der Waals surface area (Å²) in [5, 5.41) is 10.0. The highest BCUT2D eigenvalue weighted by atomic mass is 35.5. The lowest BCUT2D eigenvalue weighted by molar-refractivity contribution is 0.208. The lowest BCUT2D eigenvalue weighted by atomic mass is 10.1. The average molecular weight is 382 g/mol. The number of hydrogen-bond donors (Lipinski definition) is 1. The van der Waals surface area contributed by atoms with Crippen molar-refractivity contribution >= 4 is 34.3 Å². The van der Waals surface area contributed by atoms with Gasteiger partial charge in [-0.25, -0.2) is 4.98 Å². The van der Waals surface area contributed by atoms with E-state index in [1.54, 1.807) is 25.3 Å². The van der Waals surface area contributed by atoms with E-state index in [0.29, 0.717) is 27.9 Å². The maximum Gasteiger partial charge on any atom is 0.180 e. The molecular weight excluding hydrogens is 362 g/mol. The van der Waals surface area contributed by atoms with Crippen molar-refractivity contribution < 1.29 is 9.47 Å². The largest absolute Gasteiger partial charge is 0.493 e. The fourth-order valence-electron chi connectivity index (χ4n) is 2.62. The van der Waals surface area contributed by atoms with Crippen molar-refractivity contribution in [2.45, 2.75) is 26.4 Å². The predicted octanol–water partition coefficient (Wildman–Crippen LogP) is 5.47. The third-order valence-corrected chi connectivity index (χ3v) is 4.50. The summed E-state index contributed by atoms with van der Waals surface area (Å²) in [5.74, 6) is 1.54. The van der Waals surface area contributed by atoms with Gasteiger partial charge in [-0.15, -0.1) is 0 Å². The van der Waals surface area contributed by atoms with Crippen molar-refractivity contribution in [2.24, 2.45) is 0 Å². The Morgan fingerprint density at radius 3 is 2.81 bits per heavy atom. The van der Waals surface area contributed by atoms with Gasteiger partial charge in [0.05, 0.1) is 34.8 Å². The van der Waals surface area contributed by atoms with Crippen LogP contribution >= 0.6 is 11.6 Å². The molecule has 0 unspecified atom stereocenters. The lowest BCUT2D eigenvalue weighted by Gasteiger charge is -2.17. The Labute approximate surface area is 163 Å². The first-order valence-corrected chi connectivity index (χ1v) is 9.04. The standard InChI is InChI=1S/C21H20ClN3O2/c1-4-13(2)27-20-16(22)10-14(11-19(20)26-3)9-15(12-23)21-24-17-7-5-6-8-18(17)25-21/h5-11,13H,4H2,1-3H3,(H,24,25)/b15-9-/t13-/m0/s1. The molecule has 0 amide bonds.